The second-order valence-corrected chi connectivity index (χ2v) is 4.86. The predicted octanol–water partition coefficient (Wildman–Crippen LogP) is 2.37. The first-order valence-corrected chi connectivity index (χ1v) is 6.65. The zero-order valence-corrected chi connectivity index (χ0v) is 11.7. The molecule has 1 aromatic rings. The first kappa shape index (κ1) is 15.5. The van der Waals surface area contributed by atoms with Crippen molar-refractivity contribution in [1.82, 2.24) is 10.2 Å². The molecule has 2 amide bonds. The fraction of sp³-hybridized carbons (Fsp3) is 0.500. The molecule has 0 fully saturated rings. The van der Waals surface area contributed by atoms with Gasteiger partial charge in [0.05, 0.1) is 7.11 Å². The number of methoxy groups -OCH3 is 1. The minimum atomic E-state index is -4.40. The van der Waals surface area contributed by atoms with Crippen LogP contribution in [-0.2, 0) is 12.8 Å². The molecule has 2 rings (SSSR count). The minimum Gasteiger partial charge on any atom is -0.496 e. The van der Waals surface area contributed by atoms with E-state index in [4.69, 9.17) is 4.74 Å². The van der Waals surface area contributed by atoms with E-state index in [0.29, 0.717) is 25.9 Å². The zero-order valence-electron chi connectivity index (χ0n) is 11.7. The average molecular weight is 302 g/mol. The smallest absolute Gasteiger partial charge is 0.405 e. The first-order valence-electron chi connectivity index (χ1n) is 6.65. The van der Waals surface area contributed by atoms with E-state index in [-0.39, 0.29) is 0 Å². The predicted molar refractivity (Wildman–Crippen MR) is 71.4 cm³/mol. The van der Waals surface area contributed by atoms with Crippen LogP contribution in [0.15, 0.2) is 18.2 Å². The lowest BCUT2D eigenvalue weighted by molar-refractivity contribution is -0.123. The summed E-state index contributed by atoms with van der Waals surface area (Å²) in [5, 5.41) is 1.91. The van der Waals surface area contributed by atoms with E-state index in [1.54, 1.807) is 7.11 Å². The van der Waals surface area contributed by atoms with Crippen LogP contribution in [0.3, 0.4) is 0 Å². The Hall–Kier alpha value is -1.92. The van der Waals surface area contributed by atoms with Gasteiger partial charge in [-0.3, -0.25) is 0 Å². The van der Waals surface area contributed by atoms with E-state index in [1.807, 2.05) is 23.5 Å². The Morgan fingerprint density at radius 2 is 2.05 bits per heavy atom. The monoisotopic (exact) mass is 302 g/mol. The number of rotatable bonds is 2. The third kappa shape index (κ3) is 4.03. The van der Waals surface area contributed by atoms with Gasteiger partial charge in [0.2, 0.25) is 0 Å². The highest BCUT2D eigenvalue weighted by molar-refractivity contribution is 5.74. The lowest BCUT2D eigenvalue weighted by Gasteiger charge is -2.21. The van der Waals surface area contributed by atoms with Crippen LogP contribution in [0, 0.1) is 0 Å². The Balaban J connectivity index is 2.01. The van der Waals surface area contributed by atoms with E-state index in [0.717, 1.165) is 16.9 Å². The van der Waals surface area contributed by atoms with Crippen LogP contribution in [0.2, 0.25) is 0 Å². The number of hydrogen-bond donors (Lipinski definition) is 1. The van der Waals surface area contributed by atoms with Crippen LogP contribution in [0.1, 0.15) is 11.1 Å². The summed E-state index contributed by atoms with van der Waals surface area (Å²) in [6.45, 7) is -0.542. The Morgan fingerprint density at radius 3 is 2.71 bits per heavy atom. The maximum absolute atomic E-state index is 12.1. The zero-order chi connectivity index (χ0) is 15.5. The number of nitrogens with one attached hydrogen (secondary N) is 1. The second kappa shape index (κ2) is 6.24. The molecule has 1 aliphatic rings. The van der Waals surface area contributed by atoms with Gasteiger partial charge in [-0.15, -0.1) is 0 Å². The molecule has 1 aromatic carbocycles. The van der Waals surface area contributed by atoms with Crippen molar-refractivity contribution in [3.05, 3.63) is 29.3 Å². The molecule has 1 aliphatic heterocycles. The van der Waals surface area contributed by atoms with Gasteiger partial charge < -0.3 is 15.0 Å². The molecule has 0 bridgehead atoms. The van der Waals surface area contributed by atoms with Crippen LogP contribution in [0.5, 0.6) is 5.75 Å². The van der Waals surface area contributed by atoms with Crippen LogP contribution < -0.4 is 10.1 Å². The van der Waals surface area contributed by atoms with Crippen molar-refractivity contribution in [3.8, 4) is 5.75 Å². The maximum atomic E-state index is 12.1. The summed E-state index contributed by atoms with van der Waals surface area (Å²) in [5.74, 6) is 0.755. The first-order chi connectivity index (χ1) is 9.90. The normalized spacial score (nSPS) is 15.1. The summed E-state index contributed by atoms with van der Waals surface area (Å²) >= 11 is 0. The highest BCUT2D eigenvalue weighted by Gasteiger charge is 2.29. The molecule has 0 aromatic heterocycles. The van der Waals surface area contributed by atoms with Crippen molar-refractivity contribution >= 4 is 6.03 Å². The van der Waals surface area contributed by atoms with Gasteiger partial charge in [0.25, 0.3) is 0 Å². The van der Waals surface area contributed by atoms with E-state index in [2.05, 4.69) is 0 Å². The van der Waals surface area contributed by atoms with E-state index in [9.17, 15) is 18.0 Å². The van der Waals surface area contributed by atoms with Gasteiger partial charge in [-0.2, -0.15) is 13.2 Å². The van der Waals surface area contributed by atoms with Crippen molar-refractivity contribution in [2.45, 2.75) is 19.0 Å². The molecule has 0 atom stereocenters. The Labute approximate surface area is 120 Å². The van der Waals surface area contributed by atoms with E-state index >= 15 is 0 Å². The van der Waals surface area contributed by atoms with Gasteiger partial charge in [-0.1, -0.05) is 12.1 Å². The molecule has 0 saturated heterocycles. The van der Waals surface area contributed by atoms with E-state index < -0.39 is 18.8 Å². The summed E-state index contributed by atoms with van der Waals surface area (Å²) in [7, 11) is 1.58. The molecular formula is C14H17F3N2O2. The lowest BCUT2D eigenvalue weighted by atomic mass is 10.0. The maximum Gasteiger partial charge on any atom is 0.405 e. The van der Waals surface area contributed by atoms with Crippen LogP contribution >= 0.6 is 0 Å². The second-order valence-electron chi connectivity index (χ2n) is 4.86. The van der Waals surface area contributed by atoms with Gasteiger partial charge >= 0.3 is 12.2 Å². The third-order valence-corrected chi connectivity index (χ3v) is 3.46. The van der Waals surface area contributed by atoms with Crippen LogP contribution in [0.25, 0.3) is 0 Å². The van der Waals surface area contributed by atoms with Gasteiger partial charge in [0.15, 0.2) is 0 Å². The molecule has 0 unspecified atom stereocenters. The van der Waals surface area contributed by atoms with Crippen molar-refractivity contribution in [2.24, 2.45) is 0 Å². The number of fused-ring (bicyclic) bond motifs is 1. The summed E-state index contributed by atoms with van der Waals surface area (Å²) in [5.41, 5.74) is 2.09. The number of urea groups is 1. The Bertz CT molecular complexity index is 517. The van der Waals surface area contributed by atoms with Crippen molar-refractivity contribution in [3.63, 3.8) is 0 Å². The molecule has 0 saturated carbocycles. The molecule has 4 nitrogen and oxygen atoms in total. The average Bonchev–Trinajstić information content (AvgIpc) is 2.66. The lowest BCUT2D eigenvalue weighted by Crippen LogP contribution is -2.44. The third-order valence-electron chi connectivity index (χ3n) is 3.46. The molecule has 21 heavy (non-hydrogen) atoms. The molecule has 0 aliphatic carbocycles. The summed E-state index contributed by atoms with van der Waals surface area (Å²) in [4.78, 5) is 13.2. The van der Waals surface area contributed by atoms with Crippen molar-refractivity contribution in [1.29, 1.82) is 0 Å². The van der Waals surface area contributed by atoms with Gasteiger partial charge in [-0.05, 0) is 30.0 Å². The number of hydrogen-bond acceptors (Lipinski definition) is 2. The van der Waals surface area contributed by atoms with Crippen LogP contribution in [0.4, 0.5) is 18.0 Å². The topological polar surface area (TPSA) is 41.6 Å². The van der Waals surface area contributed by atoms with E-state index in [1.165, 1.54) is 4.90 Å². The van der Waals surface area contributed by atoms with Crippen molar-refractivity contribution < 1.29 is 22.7 Å². The summed E-state index contributed by atoms with van der Waals surface area (Å²) in [6, 6.07) is 4.99. The molecule has 0 spiro atoms. The fourth-order valence-corrected chi connectivity index (χ4v) is 2.43. The molecule has 7 heteroatoms. The number of carbonyl (C=O) groups excluding carboxylic acids is 1. The molecular weight excluding hydrogens is 285 g/mol. The molecule has 1 heterocycles. The van der Waals surface area contributed by atoms with Gasteiger partial charge in [0, 0.05) is 13.1 Å². The summed E-state index contributed by atoms with van der Waals surface area (Å²) < 4.78 is 41.7. The quantitative estimate of drug-likeness (QED) is 0.911. The minimum absolute atomic E-state index is 0.372. The summed E-state index contributed by atoms with van der Waals surface area (Å²) in [6.07, 6.45) is -3.22. The van der Waals surface area contributed by atoms with Gasteiger partial charge in [0.1, 0.15) is 12.3 Å². The fourth-order valence-electron chi connectivity index (χ4n) is 2.43. The highest BCUT2D eigenvalue weighted by atomic mass is 19.4. The molecule has 116 valence electrons. The Morgan fingerprint density at radius 1 is 1.33 bits per heavy atom. The number of benzene rings is 1. The number of amides is 2. The largest absolute Gasteiger partial charge is 0.496 e. The number of nitrogens with zero attached hydrogens (tertiary/aromatic N) is 1. The van der Waals surface area contributed by atoms with Crippen LogP contribution in [-0.4, -0.2) is 43.9 Å². The highest BCUT2D eigenvalue weighted by Crippen LogP contribution is 2.25. The SMILES string of the molecule is COc1cccc2c1CCN(C(=O)NCC(F)(F)F)CC2. The number of alkyl halides is 3. The Kier molecular flexibility index (Phi) is 4.59. The number of ether oxygens (including phenoxy) is 1. The number of halogens is 3. The number of carbonyl (C=O) groups is 1. The van der Waals surface area contributed by atoms with Gasteiger partial charge in [-0.25, -0.2) is 4.79 Å². The molecule has 1 N–H and O–H groups in total. The standard InChI is InChI=1S/C14H17F3N2O2/c1-21-12-4-2-3-10-5-7-19(8-6-11(10)12)13(20)18-9-14(15,16)17/h2-4H,5-9H2,1H3,(H,18,20). The van der Waals surface area contributed by atoms with Crippen molar-refractivity contribution in [2.75, 3.05) is 26.7 Å². The molecule has 0 radical (unpaired) electrons.